The Labute approximate surface area is 197 Å². The number of carboxylic acids is 1. The van der Waals surface area contributed by atoms with Crippen LogP contribution in [0.4, 0.5) is 4.79 Å². The predicted molar refractivity (Wildman–Crippen MR) is 120 cm³/mol. The summed E-state index contributed by atoms with van der Waals surface area (Å²) < 4.78 is 15.3. The Kier molecular flexibility index (Phi) is 12.9. The Morgan fingerprint density at radius 2 is 1.64 bits per heavy atom. The minimum Gasteiger partial charge on any atom is -0.480 e. The Bertz CT molecular complexity index is 654. The lowest BCUT2D eigenvalue weighted by Gasteiger charge is -2.16. The van der Waals surface area contributed by atoms with Crippen molar-refractivity contribution in [1.29, 1.82) is 0 Å². The topological polar surface area (TPSA) is 164 Å². The number of rotatable bonds is 18. The smallest absolute Gasteiger partial charge is 0.329 e. The molecule has 0 saturated carbocycles. The van der Waals surface area contributed by atoms with Crippen LogP contribution >= 0.6 is 11.8 Å². The van der Waals surface area contributed by atoms with E-state index in [-0.39, 0.29) is 37.2 Å². The molecule has 0 aromatic heterocycles. The van der Waals surface area contributed by atoms with Crippen molar-refractivity contribution in [1.82, 2.24) is 21.3 Å². The molecule has 3 unspecified atom stereocenters. The first-order chi connectivity index (χ1) is 16.0. The van der Waals surface area contributed by atoms with Gasteiger partial charge in [0.1, 0.15) is 13.2 Å². The number of nitrogens with one attached hydrogen (secondary N) is 4. The number of carbonyl (C=O) groups is 4. The molecule has 13 heteroatoms. The molecule has 2 aliphatic rings. The summed E-state index contributed by atoms with van der Waals surface area (Å²) in [6, 6.07) is 0.370. The first-order valence-electron chi connectivity index (χ1n) is 11.1. The van der Waals surface area contributed by atoms with Gasteiger partial charge in [0.05, 0.1) is 38.5 Å². The Morgan fingerprint density at radius 1 is 0.939 bits per heavy atom. The van der Waals surface area contributed by atoms with Crippen LogP contribution in [0, 0.1) is 0 Å². The average molecular weight is 491 g/mol. The van der Waals surface area contributed by atoms with E-state index < -0.39 is 18.5 Å². The minimum atomic E-state index is -1.13. The molecule has 3 atom stereocenters. The number of unbranched alkanes of at least 4 members (excludes halogenated alkanes) is 1. The molecule has 2 aliphatic heterocycles. The number of urea groups is 1. The van der Waals surface area contributed by atoms with E-state index in [2.05, 4.69) is 26.0 Å². The lowest BCUT2D eigenvalue weighted by atomic mass is 10.0. The second kappa shape index (κ2) is 15.7. The van der Waals surface area contributed by atoms with Gasteiger partial charge < -0.3 is 40.6 Å². The number of carboxylic acid groups (broad SMARTS) is 1. The summed E-state index contributed by atoms with van der Waals surface area (Å²) >= 11 is 1.88. The fraction of sp³-hybridized carbons (Fsp3) is 0.800. The summed E-state index contributed by atoms with van der Waals surface area (Å²) in [5, 5.41) is 20.1. The molecule has 33 heavy (non-hydrogen) atoms. The number of hydrogen-bond acceptors (Lipinski definition) is 8. The van der Waals surface area contributed by atoms with Crippen LogP contribution in [0.3, 0.4) is 0 Å². The molecule has 2 fully saturated rings. The Hall–Kier alpha value is -2.09. The lowest BCUT2D eigenvalue weighted by molar-refractivity contribution is -0.143. The number of fused-ring (bicyclic) bond motifs is 1. The fourth-order valence-corrected chi connectivity index (χ4v) is 5.04. The number of hydrogen-bond donors (Lipinski definition) is 5. The third kappa shape index (κ3) is 11.6. The van der Waals surface area contributed by atoms with Crippen LogP contribution < -0.4 is 21.3 Å². The van der Waals surface area contributed by atoms with Crippen molar-refractivity contribution >= 4 is 35.6 Å². The van der Waals surface area contributed by atoms with Gasteiger partial charge in [0.2, 0.25) is 11.8 Å². The van der Waals surface area contributed by atoms with Gasteiger partial charge in [0.15, 0.2) is 0 Å². The predicted octanol–water partition coefficient (Wildman–Crippen LogP) is -0.921. The third-order valence-corrected chi connectivity index (χ3v) is 6.56. The van der Waals surface area contributed by atoms with Crippen molar-refractivity contribution in [2.45, 2.75) is 43.0 Å². The van der Waals surface area contributed by atoms with Gasteiger partial charge in [0.25, 0.3) is 0 Å². The first kappa shape index (κ1) is 27.2. The summed E-state index contributed by atoms with van der Waals surface area (Å²) in [6.07, 6.45) is 3.24. The molecular formula is C20H34N4O8S. The van der Waals surface area contributed by atoms with E-state index in [1.807, 2.05) is 11.8 Å². The highest BCUT2D eigenvalue weighted by molar-refractivity contribution is 8.00. The van der Waals surface area contributed by atoms with Crippen molar-refractivity contribution < 1.29 is 38.5 Å². The van der Waals surface area contributed by atoms with Crippen molar-refractivity contribution in [2.24, 2.45) is 0 Å². The van der Waals surface area contributed by atoms with E-state index in [1.54, 1.807) is 0 Å². The van der Waals surface area contributed by atoms with E-state index in [0.717, 1.165) is 25.0 Å². The van der Waals surface area contributed by atoms with Crippen LogP contribution in [0.15, 0.2) is 0 Å². The molecule has 0 aliphatic carbocycles. The quantitative estimate of drug-likeness (QED) is 0.121. The molecule has 0 bridgehead atoms. The van der Waals surface area contributed by atoms with Crippen molar-refractivity contribution in [3.8, 4) is 0 Å². The monoisotopic (exact) mass is 490 g/mol. The van der Waals surface area contributed by atoms with E-state index in [0.29, 0.717) is 44.6 Å². The fourth-order valence-electron chi connectivity index (χ4n) is 3.49. The highest BCUT2D eigenvalue weighted by Gasteiger charge is 2.42. The normalized spacial score (nSPS) is 21.2. The van der Waals surface area contributed by atoms with E-state index >= 15 is 0 Å². The maximum atomic E-state index is 11.9. The zero-order valence-corrected chi connectivity index (χ0v) is 19.5. The Morgan fingerprint density at radius 3 is 2.33 bits per heavy atom. The molecule has 0 aromatic rings. The maximum absolute atomic E-state index is 11.9. The summed E-state index contributed by atoms with van der Waals surface area (Å²) in [7, 11) is 0. The zero-order chi connectivity index (χ0) is 23.9. The van der Waals surface area contributed by atoms with Gasteiger partial charge in [-0.1, -0.05) is 6.42 Å². The van der Waals surface area contributed by atoms with Gasteiger partial charge in [0, 0.05) is 30.5 Å². The maximum Gasteiger partial charge on any atom is 0.329 e. The molecule has 4 amide bonds. The second-order valence-corrected chi connectivity index (χ2v) is 8.95. The molecule has 0 spiro atoms. The number of thioether (sulfide) groups is 1. The van der Waals surface area contributed by atoms with Crippen molar-refractivity contribution in [3.05, 3.63) is 0 Å². The van der Waals surface area contributed by atoms with Gasteiger partial charge in [-0.25, -0.2) is 9.59 Å². The molecule has 2 rings (SSSR count). The van der Waals surface area contributed by atoms with E-state index in [4.69, 9.17) is 14.6 Å². The average Bonchev–Trinajstić information content (AvgIpc) is 3.31. The lowest BCUT2D eigenvalue weighted by Crippen LogP contribution is -2.36. The van der Waals surface area contributed by atoms with Crippen LogP contribution in [0.5, 0.6) is 0 Å². The molecular weight excluding hydrogens is 456 g/mol. The minimum absolute atomic E-state index is 0.00529. The van der Waals surface area contributed by atoms with Gasteiger partial charge >= 0.3 is 12.0 Å². The molecule has 188 valence electrons. The summed E-state index contributed by atoms with van der Waals surface area (Å²) in [5.74, 6) is -0.581. The zero-order valence-electron chi connectivity index (χ0n) is 18.6. The van der Waals surface area contributed by atoms with Gasteiger partial charge in [-0.2, -0.15) is 11.8 Å². The summed E-state index contributed by atoms with van der Waals surface area (Å²) in [5.41, 5.74) is 0. The van der Waals surface area contributed by atoms with Crippen LogP contribution in [0.1, 0.15) is 25.7 Å². The van der Waals surface area contributed by atoms with Crippen molar-refractivity contribution in [3.63, 3.8) is 0 Å². The SMILES string of the molecule is O=C(O)COCC(=O)NCCOCCOCCNC(=O)CCCCC1SCC2NC(=O)NC21. The number of aliphatic carboxylic acids is 1. The highest BCUT2D eigenvalue weighted by atomic mass is 32.2. The largest absolute Gasteiger partial charge is 0.480 e. The number of carbonyl (C=O) groups excluding carboxylic acids is 3. The molecule has 12 nitrogen and oxygen atoms in total. The summed E-state index contributed by atoms with van der Waals surface area (Å²) in [6.45, 7) is 1.33. The van der Waals surface area contributed by atoms with E-state index in [1.165, 1.54) is 0 Å². The molecule has 5 N–H and O–H groups in total. The third-order valence-electron chi connectivity index (χ3n) is 5.05. The van der Waals surface area contributed by atoms with Gasteiger partial charge in [-0.3, -0.25) is 9.59 Å². The second-order valence-electron chi connectivity index (χ2n) is 7.68. The van der Waals surface area contributed by atoms with Crippen LogP contribution in [0.25, 0.3) is 0 Å². The Balaban J connectivity index is 1.32. The summed E-state index contributed by atoms with van der Waals surface area (Å²) in [4.78, 5) is 44.8. The van der Waals surface area contributed by atoms with Gasteiger partial charge in [-0.15, -0.1) is 0 Å². The van der Waals surface area contributed by atoms with Crippen LogP contribution in [0.2, 0.25) is 0 Å². The molecule has 0 aromatic carbocycles. The van der Waals surface area contributed by atoms with Crippen molar-refractivity contribution in [2.75, 3.05) is 58.5 Å². The molecule has 2 heterocycles. The first-order valence-corrected chi connectivity index (χ1v) is 12.2. The van der Waals surface area contributed by atoms with Crippen LogP contribution in [-0.2, 0) is 28.6 Å². The van der Waals surface area contributed by atoms with Crippen LogP contribution in [-0.4, -0.2) is 105 Å². The molecule has 0 radical (unpaired) electrons. The number of ether oxygens (including phenoxy) is 3. The highest BCUT2D eigenvalue weighted by Crippen LogP contribution is 2.33. The number of amides is 4. The van der Waals surface area contributed by atoms with Gasteiger partial charge in [-0.05, 0) is 12.8 Å². The standard InChI is InChI=1S/C20H34N4O8S/c25-16(4-2-1-3-15-19-14(13-33-15)23-20(29)24-19)21-5-7-30-9-10-31-8-6-22-17(26)11-32-12-18(27)28/h14-15,19H,1-13H2,(H,21,25)(H,22,26)(H,27,28)(H2,23,24,29). The molecule has 2 saturated heterocycles. The van der Waals surface area contributed by atoms with E-state index in [9.17, 15) is 19.2 Å².